The Hall–Kier alpha value is -1.12. The summed E-state index contributed by atoms with van der Waals surface area (Å²) >= 11 is 0. The molecule has 2 unspecified atom stereocenters. The number of unbranched alkanes of at least 4 members (excludes halogenated alkanes) is 1. The summed E-state index contributed by atoms with van der Waals surface area (Å²) in [5, 5.41) is 14.9. The van der Waals surface area contributed by atoms with Crippen LogP contribution in [0.15, 0.2) is 0 Å². The number of hydrogen-bond acceptors (Lipinski definition) is 4. The van der Waals surface area contributed by atoms with Crippen LogP contribution in [-0.2, 0) is 4.79 Å². The van der Waals surface area contributed by atoms with Gasteiger partial charge in [0.1, 0.15) is 0 Å². The van der Waals surface area contributed by atoms with Crippen LogP contribution in [-0.4, -0.2) is 49.6 Å². The molecular weight excluding hydrogens is 252 g/mol. The summed E-state index contributed by atoms with van der Waals surface area (Å²) in [5.74, 6) is 0.736. The lowest BCUT2D eigenvalue weighted by Gasteiger charge is -2.32. The van der Waals surface area contributed by atoms with Gasteiger partial charge in [0.05, 0.1) is 12.1 Å². The largest absolute Gasteiger partial charge is 0.354 e. The van der Waals surface area contributed by atoms with E-state index in [0.717, 1.165) is 52.0 Å². The van der Waals surface area contributed by atoms with E-state index >= 15 is 0 Å². The van der Waals surface area contributed by atoms with Gasteiger partial charge in [-0.2, -0.15) is 5.26 Å². The highest BCUT2D eigenvalue weighted by Crippen LogP contribution is 2.16. The van der Waals surface area contributed by atoms with E-state index in [1.165, 1.54) is 12.8 Å². The summed E-state index contributed by atoms with van der Waals surface area (Å²) in [4.78, 5) is 14.4. The van der Waals surface area contributed by atoms with Crippen molar-refractivity contribution in [2.45, 2.75) is 44.6 Å². The van der Waals surface area contributed by atoms with E-state index in [2.05, 4.69) is 21.6 Å². The molecule has 2 atom stereocenters. The van der Waals surface area contributed by atoms with Crippen molar-refractivity contribution in [2.24, 2.45) is 5.92 Å². The average molecular weight is 278 g/mol. The Morgan fingerprint density at radius 3 is 3.05 bits per heavy atom. The number of nitrogens with zero attached hydrogens (tertiary/aromatic N) is 2. The molecule has 2 rings (SSSR count). The Morgan fingerprint density at radius 1 is 1.40 bits per heavy atom. The number of hydrogen-bond donors (Lipinski definition) is 2. The molecular formula is C15H26N4O. The van der Waals surface area contributed by atoms with Crippen molar-refractivity contribution in [3.05, 3.63) is 0 Å². The lowest BCUT2D eigenvalue weighted by Crippen LogP contribution is -2.45. The lowest BCUT2D eigenvalue weighted by atomic mass is 9.97. The highest BCUT2D eigenvalue weighted by Gasteiger charge is 2.24. The third-order valence-corrected chi connectivity index (χ3v) is 4.31. The lowest BCUT2D eigenvalue weighted by molar-refractivity contribution is -0.123. The molecule has 5 nitrogen and oxygen atoms in total. The molecule has 0 radical (unpaired) electrons. The minimum absolute atomic E-state index is 0.0327. The van der Waals surface area contributed by atoms with Crippen molar-refractivity contribution in [1.82, 2.24) is 15.5 Å². The quantitative estimate of drug-likeness (QED) is 0.708. The second-order valence-corrected chi connectivity index (χ2v) is 5.96. The van der Waals surface area contributed by atoms with Crippen molar-refractivity contribution in [1.29, 1.82) is 5.26 Å². The van der Waals surface area contributed by atoms with Crippen molar-refractivity contribution < 1.29 is 4.79 Å². The monoisotopic (exact) mass is 278 g/mol. The van der Waals surface area contributed by atoms with Crippen LogP contribution in [0.25, 0.3) is 0 Å². The van der Waals surface area contributed by atoms with Gasteiger partial charge in [-0.3, -0.25) is 4.79 Å². The van der Waals surface area contributed by atoms with Crippen LogP contribution in [0.5, 0.6) is 0 Å². The molecule has 0 aromatic heterocycles. The fourth-order valence-corrected chi connectivity index (χ4v) is 3.18. The molecule has 0 aromatic carbocycles. The van der Waals surface area contributed by atoms with E-state index < -0.39 is 0 Å². The molecule has 0 aromatic rings. The van der Waals surface area contributed by atoms with Gasteiger partial charge < -0.3 is 15.5 Å². The molecule has 2 saturated heterocycles. The Morgan fingerprint density at radius 2 is 2.30 bits per heavy atom. The van der Waals surface area contributed by atoms with E-state index in [9.17, 15) is 4.79 Å². The van der Waals surface area contributed by atoms with Crippen molar-refractivity contribution >= 4 is 5.91 Å². The number of likely N-dealkylation sites (tertiary alicyclic amines) is 1. The molecule has 0 bridgehead atoms. The highest BCUT2D eigenvalue weighted by molar-refractivity contribution is 5.81. The summed E-state index contributed by atoms with van der Waals surface area (Å²) < 4.78 is 0. The third kappa shape index (κ3) is 4.77. The first kappa shape index (κ1) is 15.3. The van der Waals surface area contributed by atoms with Gasteiger partial charge in [-0.05, 0) is 57.7 Å². The molecule has 20 heavy (non-hydrogen) atoms. The van der Waals surface area contributed by atoms with Crippen LogP contribution in [0, 0.1) is 17.2 Å². The number of amides is 1. The third-order valence-electron chi connectivity index (χ3n) is 4.31. The van der Waals surface area contributed by atoms with Gasteiger partial charge in [-0.25, -0.2) is 0 Å². The summed E-state index contributed by atoms with van der Waals surface area (Å²) in [6.07, 6.45) is 6.08. The number of nitriles is 1. The molecule has 2 aliphatic rings. The topological polar surface area (TPSA) is 68.2 Å². The predicted molar refractivity (Wildman–Crippen MR) is 78.0 cm³/mol. The summed E-state index contributed by atoms with van der Waals surface area (Å²) in [5.41, 5.74) is 0. The molecule has 2 aliphatic heterocycles. The first-order chi connectivity index (χ1) is 9.79. The zero-order valence-electron chi connectivity index (χ0n) is 12.2. The molecule has 5 heteroatoms. The Balaban J connectivity index is 1.64. The molecule has 0 aliphatic carbocycles. The molecule has 2 N–H and O–H groups in total. The summed E-state index contributed by atoms with van der Waals surface area (Å²) in [6, 6.07) is 2.23. The predicted octanol–water partition coefficient (Wildman–Crippen LogP) is 0.870. The summed E-state index contributed by atoms with van der Waals surface area (Å²) in [6.45, 7) is 4.98. The van der Waals surface area contributed by atoms with E-state index in [1.807, 2.05) is 0 Å². The highest BCUT2D eigenvalue weighted by atomic mass is 16.2. The maximum atomic E-state index is 12.0. The molecule has 2 heterocycles. The zero-order valence-corrected chi connectivity index (χ0v) is 12.2. The number of rotatable bonds is 6. The van der Waals surface area contributed by atoms with Gasteiger partial charge in [0.15, 0.2) is 0 Å². The molecule has 112 valence electrons. The van der Waals surface area contributed by atoms with Crippen molar-refractivity contribution in [3.63, 3.8) is 0 Å². The number of nitrogens with one attached hydrogen (secondary N) is 2. The van der Waals surface area contributed by atoms with Crippen LogP contribution >= 0.6 is 0 Å². The van der Waals surface area contributed by atoms with E-state index in [0.29, 0.717) is 12.3 Å². The average Bonchev–Trinajstić information content (AvgIpc) is 3.00. The van der Waals surface area contributed by atoms with Gasteiger partial charge in [0.25, 0.3) is 0 Å². The Kier molecular flexibility index (Phi) is 6.28. The van der Waals surface area contributed by atoms with Gasteiger partial charge in [0, 0.05) is 19.5 Å². The van der Waals surface area contributed by atoms with Crippen LogP contribution in [0.2, 0.25) is 0 Å². The fourth-order valence-electron chi connectivity index (χ4n) is 3.18. The minimum Gasteiger partial charge on any atom is -0.354 e. The molecule has 0 saturated carbocycles. The van der Waals surface area contributed by atoms with Gasteiger partial charge in [-0.15, -0.1) is 0 Å². The normalized spacial score (nSPS) is 27.1. The van der Waals surface area contributed by atoms with Crippen LogP contribution in [0.1, 0.15) is 38.5 Å². The number of carbonyl (C=O) groups excluding carboxylic acids is 1. The molecule has 0 spiro atoms. The van der Waals surface area contributed by atoms with Crippen molar-refractivity contribution in [2.75, 3.05) is 32.7 Å². The van der Waals surface area contributed by atoms with Crippen molar-refractivity contribution in [3.8, 4) is 6.07 Å². The summed E-state index contributed by atoms with van der Waals surface area (Å²) in [7, 11) is 0. The Bertz CT molecular complexity index is 346. The minimum atomic E-state index is 0.0327. The van der Waals surface area contributed by atoms with Gasteiger partial charge in [0.2, 0.25) is 5.91 Å². The fraction of sp³-hybridized carbons (Fsp3) is 0.867. The van der Waals surface area contributed by atoms with Crippen LogP contribution < -0.4 is 10.6 Å². The standard InChI is InChI=1S/C15H26N4O/c16-7-1-2-9-19-10-4-5-13(12-19)11-18-15(20)14-6-3-8-17-14/h13-14,17H,1-6,8-12H2,(H,18,20). The molecule has 2 fully saturated rings. The van der Waals surface area contributed by atoms with Gasteiger partial charge in [-0.1, -0.05) is 0 Å². The maximum absolute atomic E-state index is 12.0. The first-order valence-electron chi connectivity index (χ1n) is 7.90. The second-order valence-electron chi connectivity index (χ2n) is 5.96. The van der Waals surface area contributed by atoms with Crippen LogP contribution in [0.3, 0.4) is 0 Å². The second kappa shape index (κ2) is 8.23. The maximum Gasteiger partial charge on any atom is 0.237 e. The van der Waals surface area contributed by atoms with Crippen LogP contribution in [0.4, 0.5) is 0 Å². The number of carbonyl (C=O) groups is 1. The zero-order chi connectivity index (χ0) is 14.2. The van der Waals surface area contributed by atoms with E-state index in [4.69, 9.17) is 5.26 Å². The number of piperidine rings is 1. The first-order valence-corrected chi connectivity index (χ1v) is 7.90. The SMILES string of the molecule is N#CCCCN1CCCC(CNC(=O)C2CCCN2)C1. The van der Waals surface area contributed by atoms with E-state index in [1.54, 1.807) is 0 Å². The smallest absolute Gasteiger partial charge is 0.237 e. The Labute approximate surface area is 121 Å². The van der Waals surface area contributed by atoms with Gasteiger partial charge >= 0.3 is 0 Å². The molecule has 1 amide bonds. The van der Waals surface area contributed by atoms with E-state index in [-0.39, 0.29) is 11.9 Å².